The number of pyridine rings is 2. The number of rotatable bonds is 5. The Morgan fingerprint density at radius 1 is 0.903 bits per heavy atom. The van der Waals surface area contributed by atoms with Gasteiger partial charge in [-0.05, 0) is 35.9 Å². The molecule has 160 valence electrons. The van der Waals surface area contributed by atoms with Crippen LogP contribution in [0, 0.1) is 0 Å². The Kier molecular flexibility index (Phi) is 5.09. The number of fused-ring (bicyclic) bond motifs is 1. The average molecular weight is 434 g/mol. The van der Waals surface area contributed by atoms with Gasteiger partial charge in [0.25, 0.3) is 5.91 Å². The van der Waals surface area contributed by atoms with E-state index in [-0.39, 0.29) is 11.3 Å². The van der Waals surface area contributed by atoms with E-state index in [2.05, 4.69) is 30.1 Å². The minimum absolute atomic E-state index is 0.0392. The first-order valence-electron chi connectivity index (χ1n) is 8.91. The first-order chi connectivity index (χ1) is 14.7. The van der Waals surface area contributed by atoms with Crippen molar-refractivity contribution in [3.8, 4) is 11.5 Å². The van der Waals surface area contributed by atoms with Gasteiger partial charge >= 0.3 is 12.2 Å². The number of carbonyl (C=O) groups excluding carboxylic acids is 1. The average Bonchev–Trinajstić information content (AvgIpc) is 2.74. The summed E-state index contributed by atoms with van der Waals surface area (Å²) in [5, 5.41) is 5.61. The van der Waals surface area contributed by atoms with Crippen LogP contribution in [0.3, 0.4) is 0 Å². The summed E-state index contributed by atoms with van der Waals surface area (Å²) in [6.45, 7) is 0.417. The van der Waals surface area contributed by atoms with Crippen LogP contribution < -0.4 is 20.1 Å². The van der Waals surface area contributed by atoms with Gasteiger partial charge in [-0.2, -0.15) is 17.6 Å². The van der Waals surface area contributed by atoms with E-state index in [1.807, 2.05) is 12.1 Å². The van der Waals surface area contributed by atoms with Crippen molar-refractivity contribution in [2.45, 2.75) is 18.8 Å². The largest absolute Gasteiger partial charge is 0.507 e. The standard InChI is InChI=1S/C20H14F4N4O3/c21-19(22)20(23,24)31-17-9-13(1-2-16(17)30-19)28-18(29)14-11-26-8-5-15(14)27-10-12-3-6-25-7-4-12/h1-9,11H,10H2,(H,26,27)(H,28,29). The van der Waals surface area contributed by atoms with Crippen molar-refractivity contribution < 1.29 is 31.8 Å². The summed E-state index contributed by atoms with van der Waals surface area (Å²) in [5.41, 5.74) is 1.64. The number of amides is 1. The number of hydrogen-bond donors (Lipinski definition) is 2. The predicted molar refractivity (Wildman–Crippen MR) is 101 cm³/mol. The molecule has 3 aromatic rings. The van der Waals surface area contributed by atoms with Crippen LogP contribution in [0.5, 0.6) is 11.5 Å². The summed E-state index contributed by atoms with van der Waals surface area (Å²) in [5.74, 6) is -1.80. The first kappa shape index (κ1) is 20.4. The molecule has 0 atom stereocenters. The van der Waals surface area contributed by atoms with Gasteiger partial charge in [0, 0.05) is 43.1 Å². The monoisotopic (exact) mass is 434 g/mol. The molecule has 31 heavy (non-hydrogen) atoms. The van der Waals surface area contributed by atoms with Crippen LogP contribution in [-0.2, 0) is 6.54 Å². The van der Waals surface area contributed by atoms with Crippen LogP contribution in [0.4, 0.5) is 28.9 Å². The molecule has 0 saturated heterocycles. The Balaban J connectivity index is 1.51. The van der Waals surface area contributed by atoms with Crippen molar-refractivity contribution in [1.82, 2.24) is 9.97 Å². The van der Waals surface area contributed by atoms with Gasteiger partial charge in [-0.1, -0.05) is 0 Å². The molecule has 1 aliphatic heterocycles. The van der Waals surface area contributed by atoms with E-state index in [0.29, 0.717) is 12.2 Å². The summed E-state index contributed by atoms with van der Waals surface area (Å²) in [7, 11) is 0. The summed E-state index contributed by atoms with van der Waals surface area (Å²) in [6.07, 6.45) is -3.56. The van der Waals surface area contributed by atoms with E-state index in [1.54, 1.807) is 18.5 Å². The molecule has 0 saturated carbocycles. The van der Waals surface area contributed by atoms with E-state index >= 15 is 0 Å². The zero-order chi connectivity index (χ0) is 22.1. The molecule has 2 N–H and O–H groups in total. The Morgan fingerprint density at radius 3 is 2.32 bits per heavy atom. The molecule has 1 aromatic carbocycles. The Morgan fingerprint density at radius 2 is 1.58 bits per heavy atom. The van der Waals surface area contributed by atoms with E-state index in [1.165, 1.54) is 18.5 Å². The number of carbonyl (C=O) groups is 1. The van der Waals surface area contributed by atoms with Gasteiger partial charge in [-0.15, -0.1) is 0 Å². The molecule has 1 aliphatic rings. The zero-order valence-electron chi connectivity index (χ0n) is 15.6. The maximum Gasteiger partial charge on any atom is 0.507 e. The van der Waals surface area contributed by atoms with Crippen molar-refractivity contribution in [3.63, 3.8) is 0 Å². The molecule has 0 fully saturated rings. The highest BCUT2D eigenvalue weighted by Gasteiger charge is 2.65. The van der Waals surface area contributed by atoms with Crippen LogP contribution in [0.15, 0.2) is 61.2 Å². The molecule has 0 spiro atoms. The Hall–Kier alpha value is -3.89. The van der Waals surface area contributed by atoms with Crippen LogP contribution in [0.2, 0.25) is 0 Å². The SMILES string of the molecule is O=C(Nc1ccc2c(c1)OC(F)(F)C(F)(F)O2)c1cnccc1NCc1ccncc1. The van der Waals surface area contributed by atoms with Crippen LogP contribution in [-0.4, -0.2) is 28.1 Å². The molecule has 1 amide bonds. The predicted octanol–water partition coefficient (Wildman–Crippen LogP) is 4.30. The number of ether oxygens (including phenoxy) is 2. The van der Waals surface area contributed by atoms with Crippen molar-refractivity contribution in [2.24, 2.45) is 0 Å². The molecule has 0 radical (unpaired) electrons. The fourth-order valence-electron chi connectivity index (χ4n) is 2.77. The molecule has 11 heteroatoms. The van der Waals surface area contributed by atoms with Crippen molar-refractivity contribution in [3.05, 3.63) is 72.3 Å². The number of halogens is 4. The lowest BCUT2D eigenvalue weighted by Gasteiger charge is -2.31. The minimum atomic E-state index is -4.85. The highest BCUT2D eigenvalue weighted by atomic mass is 19.3. The van der Waals surface area contributed by atoms with Crippen molar-refractivity contribution in [1.29, 1.82) is 0 Å². The van der Waals surface area contributed by atoms with Gasteiger partial charge in [0.1, 0.15) is 0 Å². The lowest BCUT2D eigenvalue weighted by molar-refractivity contribution is -0.391. The highest BCUT2D eigenvalue weighted by molar-refractivity contribution is 6.07. The van der Waals surface area contributed by atoms with Gasteiger partial charge in [-0.25, -0.2) is 0 Å². The van der Waals surface area contributed by atoms with E-state index in [9.17, 15) is 22.4 Å². The highest BCUT2D eigenvalue weighted by Crippen LogP contribution is 2.47. The number of anilines is 2. The lowest BCUT2D eigenvalue weighted by atomic mass is 10.2. The summed E-state index contributed by atoms with van der Waals surface area (Å²) < 4.78 is 61.4. The maximum atomic E-state index is 13.4. The lowest BCUT2D eigenvalue weighted by Crippen LogP contribution is -2.52. The molecule has 0 unspecified atom stereocenters. The Labute approximate surface area is 173 Å². The Bertz CT molecular complexity index is 1110. The van der Waals surface area contributed by atoms with E-state index < -0.39 is 29.6 Å². The number of benzene rings is 1. The first-order valence-corrected chi connectivity index (χ1v) is 8.91. The normalized spacial score (nSPS) is 15.7. The summed E-state index contributed by atoms with van der Waals surface area (Å²) in [4.78, 5) is 20.6. The molecular formula is C20H14F4N4O3. The minimum Gasteiger partial charge on any atom is -0.421 e. The fourth-order valence-corrected chi connectivity index (χ4v) is 2.77. The van der Waals surface area contributed by atoms with Crippen LogP contribution in [0.25, 0.3) is 0 Å². The molecular weight excluding hydrogens is 420 g/mol. The number of nitrogens with zero attached hydrogens (tertiary/aromatic N) is 2. The van der Waals surface area contributed by atoms with E-state index in [0.717, 1.165) is 17.7 Å². The quantitative estimate of drug-likeness (QED) is 0.583. The molecule has 3 heterocycles. The summed E-state index contributed by atoms with van der Waals surface area (Å²) in [6, 6.07) is 8.41. The topological polar surface area (TPSA) is 85.4 Å². The third-order valence-electron chi connectivity index (χ3n) is 4.31. The number of aromatic nitrogens is 2. The van der Waals surface area contributed by atoms with Crippen molar-refractivity contribution in [2.75, 3.05) is 10.6 Å². The van der Waals surface area contributed by atoms with Crippen LogP contribution in [0.1, 0.15) is 15.9 Å². The molecule has 4 rings (SSSR count). The number of alkyl halides is 4. The van der Waals surface area contributed by atoms with Crippen molar-refractivity contribution >= 4 is 17.3 Å². The number of nitrogens with one attached hydrogen (secondary N) is 2. The van der Waals surface area contributed by atoms with E-state index in [4.69, 9.17) is 0 Å². The molecule has 0 aliphatic carbocycles. The third kappa shape index (κ3) is 4.20. The van der Waals surface area contributed by atoms with Gasteiger partial charge < -0.3 is 20.1 Å². The third-order valence-corrected chi connectivity index (χ3v) is 4.31. The second kappa shape index (κ2) is 7.74. The molecule has 2 aromatic heterocycles. The second-order valence-electron chi connectivity index (χ2n) is 6.48. The smallest absolute Gasteiger partial charge is 0.421 e. The van der Waals surface area contributed by atoms with Gasteiger partial charge in [0.2, 0.25) is 0 Å². The fraction of sp³-hybridized carbons (Fsp3) is 0.150. The van der Waals surface area contributed by atoms with Gasteiger partial charge in [0.05, 0.1) is 11.3 Å². The summed E-state index contributed by atoms with van der Waals surface area (Å²) >= 11 is 0. The molecule has 7 nitrogen and oxygen atoms in total. The maximum absolute atomic E-state index is 13.4. The van der Waals surface area contributed by atoms with Gasteiger partial charge in [0.15, 0.2) is 11.5 Å². The zero-order valence-corrected chi connectivity index (χ0v) is 15.6. The van der Waals surface area contributed by atoms with Gasteiger partial charge in [-0.3, -0.25) is 14.8 Å². The molecule has 0 bridgehead atoms. The number of hydrogen-bond acceptors (Lipinski definition) is 6. The van der Waals surface area contributed by atoms with Crippen LogP contribution >= 0.6 is 0 Å². The second-order valence-corrected chi connectivity index (χ2v) is 6.48.